The Morgan fingerprint density at radius 3 is 2.82 bits per heavy atom. The molecule has 2 rings (SSSR count). The van der Waals surface area contributed by atoms with Crippen LogP contribution in [0.25, 0.3) is 0 Å². The Balaban J connectivity index is 1.67. The fourth-order valence-corrected chi connectivity index (χ4v) is 1.61. The molecule has 1 aromatic heterocycles. The molecule has 17 heavy (non-hydrogen) atoms. The Morgan fingerprint density at radius 2 is 2.29 bits per heavy atom. The van der Waals surface area contributed by atoms with Gasteiger partial charge in [0.2, 0.25) is 11.8 Å². The molecule has 1 aliphatic rings. The van der Waals surface area contributed by atoms with Crippen LogP contribution in [0.4, 0.5) is 0 Å². The molecule has 0 spiro atoms. The minimum atomic E-state index is 0.00831. The van der Waals surface area contributed by atoms with Gasteiger partial charge in [-0.3, -0.25) is 4.79 Å². The van der Waals surface area contributed by atoms with Crippen molar-refractivity contribution in [2.24, 2.45) is 5.41 Å². The second-order valence-corrected chi connectivity index (χ2v) is 4.82. The average Bonchev–Trinajstić information content (AvgIpc) is 2.67. The first-order valence-corrected chi connectivity index (χ1v) is 5.71. The number of nitrogens with one attached hydrogen (secondary N) is 1. The molecule has 0 aromatic carbocycles. The zero-order valence-corrected chi connectivity index (χ0v) is 10.2. The van der Waals surface area contributed by atoms with Crippen LogP contribution in [0, 0.1) is 12.3 Å². The molecule has 1 fully saturated rings. The Morgan fingerprint density at radius 1 is 1.53 bits per heavy atom. The molecule has 1 amide bonds. The summed E-state index contributed by atoms with van der Waals surface area (Å²) < 4.78 is 10.0. The zero-order valence-electron chi connectivity index (χ0n) is 10.2. The van der Waals surface area contributed by atoms with Gasteiger partial charge in [-0.25, -0.2) is 0 Å². The summed E-state index contributed by atoms with van der Waals surface area (Å²) in [7, 11) is 0. The SMILES string of the molecule is Cc1noc(CCC(=O)NCC2(C)COC2)n1. The number of ether oxygens (including phenoxy) is 1. The lowest BCUT2D eigenvalue weighted by Gasteiger charge is -2.38. The lowest BCUT2D eigenvalue weighted by molar-refractivity contribution is -0.126. The van der Waals surface area contributed by atoms with Crippen molar-refractivity contribution in [2.75, 3.05) is 19.8 Å². The van der Waals surface area contributed by atoms with Gasteiger partial charge in [-0.05, 0) is 6.92 Å². The minimum absolute atomic E-state index is 0.00831. The van der Waals surface area contributed by atoms with Gasteiger partial charge in [0.1, 0.15) is 0 Å². The monoisotopic (exact) mass is 239 g/mol. The summed E-state index contributed by atoms with van der Waals surface area (Å²) in [6, 6.07) is 0. The molecule has 1 aliphatic heterocycles. The first-order chi connectivity index (χ1) is 8.07. The number of aryl methyl sites for hydroxylation is 2. The lowest BCUT2D eigenvalue weighted by atomic mass is 9.89. The maximum atomic E-state index is 11.6. The summed E-state index contributed by atoms with van der Waals surface area (Å²) in [5.41, 5.74) is 0.108. The maximum Gasteiger partial charge on any atom is 0.227 e. The summed E-state index contributed by atoms with van der Waals surface area (Å²) in [5, 5.41) is 6.56. The van der Waals surface area contributed by atoms with E-state index in [1.807, 2.05) is 0 Å². The van der Waals surface area contributed by atoms with Crippen LogP contribution >= 0.6 is 0 Å². The van der Waals surface area contributed by atoms with E-state index in [-0.39, 0.29) is 11.3 Å². The maximum absolute atomic E-state index is 11.6. The number of carbonyl (C=O) groups is 1. The van der Waals surface area contributed by atoms with E-state index in [9.17, 15) is 4.79 Å². The number of nitrogens with zero attached hydrogens (tertiary/aromatic N) is 2. The van der Waals surface area contributed by atoms with Crippen LogP contribution in [0.3, 0.4) is 0 Å². The van der Waals surface area contributed by atoms with Crippen molar-refractivity contribution >= 4 is 5.91 Å². The van der Waals surface area contributed by atoms with Crippen molar-refractivity contribution in [3.63, 3.8) is 0 Å². The first kappa shape index (κ1) is 12.0. The third kappa shape index (κ3) is 3.26. The van der Waals surface area contributed by atoms with E-state index < -0.39 is 0 Å². The van der Waals surface area contributed by atoms with E-state index in [4.69, 9.17) is 9.26 Å². The van der Waals surface area contributed by atoms with Gasteiger partial charge in [0.25, 0.3) is 0 Å². The van der Waals surface area contributed by atoms with Gasteiger partial charge in [0, 0.05) is 24.8 Å². The molecule has 6 heteroatoms. The van der Waals surface area contributed by atoms with Crippen molar-refractivity contribution in [1.29, 1.82) is 0 Å². The highest BCUT2D eigenvalue weighted by atomic mass is 16.5. The second kappa shape index (κ2) is 4.83. The lowest BCUT2D eigenvalue weighted by Crippen LogP contribution is -2.48. The van der Waals surface area contributed by atoms with E-state index in [0.29, 0.717) is 31.1 Å². The number of hydrogen-bond donors (Lipinski definition) is 1. The summed E-state index contributed by atoms with van der Waals surface area (Å²) in [4.78, 5) is 15.6. The summed E-state index contributed by atoms with van der Waals surface area (Å²) in [5.74, 6) is 1.12. The predicted octanol–water partition coefficient (Wildman–Crippen LogP) is 0.463. The van der Waals surface area contributed by atoms with Crippen molar-refractivity contribution in [1.82, 2.24) is 15.5 Å². The number of rotatable bonds is 5. The molecule has 0 bridgehead atoms. The molecule has 0 saturated carbocycles. The molecular formula is C11H17N3O3. The van der Waals surface area contributed by atoms with Gasteiger partial charge in [0.15, 0.2) is 5.82 Å². The van der Waals surface area contributed by atoms with Crippen molar-refractivity contribution in [2.45, 2.75) is 26.7 Å². The standard InChI is InChI=1S/C11H17N3O3/c1-8-13-10(17-14-8)4-3-9(15)12-5-11(2)6-16-7-11/h3-7H2,1-2H3,(H,12,15). The molecular weight excluding hydrogens is 222 g/mol. The highest BCUT2D eigenvalue weighted by Crippen LogP contribution is 2.24. The topological polar surface area (TPSA) is 77.2 Å². The van der Waals surface area contributed by atoms with Gasteiger partial charge in [-0.2, -0.15) is 4.98 Å². The average molecular weight is 239 g/mol. The van der Waals surface area contributed by atoms with Crippen LogP contribution in [0.2, 0.25) is 0 Å². The van der Waals surface area contributed by atoms with Crippen molar-refractivity contribution < 1.29 is 14.1 Å². The van der Waals surface area contributed by atoms with Gasteiger partial charge < -0.3 is 14.6 Å². The van der Waals surface area contributed by atoms with Gasteiger partial charge in [-0.15, -0.1) is 0 Å². The zero-order chi connectivity index (χ0) is 12.3. The van der Waals surface area contributed by atoms with E-state index in [0.717, 1.165) is 13.2 Å². The van der Waals surface area contributed by atoms with Crippen LogP contribution in [0.5, 0.6) is 0 Å². The van der Waals surface area contributed by atoms with Gasteiger partial charge >= 0.3 is 0 Å². The fourth-order valence-electron chi connectivity index (χ4n) is 1.61. The predicted molar refractivity (Wildman–Crippen MR) is 59.3 cm³/mol. The summed E-state index contributed by atoms with van der Waals surface area (Å²) in [6.07, 6.45) is 0.860. The third-order valence-electron chi connectivity index (χ3n) is 2.75. The molecule has 0 aliphatic carbocycles. The Hall–Kier alpha value is -1.43. The Labute approximate surface area is 99.7 Å². The van der Waals surface area contributed by atoms with Gasteiger partial charge in [0.05, 0.1) is 13.2 Å². The third-order valence-corrected chi connectivity index (χ3v) is 2.75. The Kier molecular flexibility index (Phi) is 3.42. The van der Waals surface area contributed by atoms with Gasteiger partial charge in [-0.1, -0.05) is 12.1 Å². The summed E-state index contributed by atoms with van der Waals surface area (Å²) in [6.45, 7) is 5.95. The fraction of sp³-hybridized carbons (Fsp3) is 0.727. The molecule has 0 atom stereocenters. The number of carbonyl (C=O) groups excluding carboxylic acids is 1. The molecule has 94 valence electrons. The molecule has 1 saturated heterocycles. The number of aromatic nitrogens is 2. The van der Waals surface area contributed by atoms with E-state index in [1.54, 1.807) is 6.92 Å². The molecule has 1 aromatic rings. The highest BCUT2D eigenvalue weighted by molar-refractivity contribution is 5.76. The van der Waals surface area contributed by atoms with Crippen LogP contribution in [-0.4, -0.2) is 35.8 Å². The molecule has 2 heterocycles. The van der Waals surface area contributed by atoms with Crippen molar-refractivity contribution in [3.05, 3.63) is 11.7 Å². The van der Waals surface area contributed by atoms with E-state index in [1.165, 1.54) is 0 Å². The Bertz CT molecular complexity index is 398. The number of amides is 1. The normalized spacial score (nSPS) is 17.5. The van der Waals surface area contributed by atoms with Crippen LogP contribution < -0.4 is 5.32 Å². The second-order valence-electron chi connectivity index (χ2n) is 4.82. The molecule has 0 unspecified atom stereocenters. The van der Waals surface area contributed by atoms with Crippen LogP contribution in [0.15, 0.2) is 4.52 Å². The van der Waals surface area contributed by atoms with Crippen LogP contribution in [0.1, 0.15) is 25.1 Å². The molecule has 1 N–H and O–H groups in total. The summed E-state index contributed by atoms with van der Waals surface area (Å²) >= 11 is 0. The van der Waals surface area contributed by atoms with Crippen LogP contribution in [-0.2, 0) is 16.0 Å². The largest absolute Gasteiger partial charge is 0.380 e. The minimum Gasteiger partial charge on any atom is -0.380 e. The van der Waals surface area contributed by atoms with E-state index >= 15 is 0 Å². The quantitative estimate of drug-likeness (QED) is 0.807. The number of hydrogen-bond acceptors (Lipinski definition) is 5. The first-order valence-electron chi connectivity index (χ1n) is 5.71. The van der Waals surface area contributed by atoms with Crippen molar-refractivity contribution in [3.8, 4) is 0 Å². The smallest absolute Gasteiger partial charge is 0.227 e. The molecule has 6 nitrogen and oxygen atoms in total. The highest BCUT2D eigenvalue weighted by Gasteiger charge is 2.33. The molecule has 0 radical (unpaired) electrons. The van der Waals surface area contributed by atoms with E-state index in [2.05, 4.69) is 22.4 Å².